The zero-order valence-corrected chi connectivity index (χ0v) is 19.2. The van der Waals surface area contributed by atoms with E-state index in [1.54, 1.807) is 53.4 Å². The SMILES string of the molecule is CCCOc1ccccc1C(=O)N(Cc1ccc(-c2ccc(F)cc2)o1)[C@@H]1CCS(=O)(=O)C1. The van der Waals surface area contributed by atoms with Crippen LogP contribution in [0.4, 0.5) is 4.39 Å². The average Bonchev–Trinajstić information content (AvgIpc) is 3.42. The lowest BCUT2D eigenvalue weighted by Gasteiger charge is -2.28. The Morgan fingerprint density at radius 3 is 2.58 bits per heavy atom. The molecule has 1 aliphatic heterocycles. The van der Waals surface area contributed by atoms with Crippen LogP contribution in [0.5, 0.6) is 5.75 Å². The van der Waals surface area contributed by atoms with E-state index in [4.69, 9.17) is 9.15 Å². The Bertz CT molecular complexity index is 1220. The Morgan fingerprint density at radius 1 is 1.12 bits per heavy atom. The summed E-state index contributed by atoms with van der Waals surface area (Å²) in [5.74, 6) is 0.859. The molecule has 0 spiro atoms. The largest absolute Gasteiger partial charge is 0.493 e. The number of hydrogen-bond acceptors (Lipinski definition) is 5. The predicted molar refractivity (Wildman–Crippen MR) is 123 cm³/mol. The molecule has 0 aliphatic carbocycles. The minimum atomic E-state index is -3.21. The smallest absolute Gasteiger partial charge is 0.258 e. The first-order valence-electron chi connectivity index (χ1n) is 10.9. The molecular weight excluding hydrogens is 445 g/mol. The molecular formula is C25H26FNO5S. The number of nitrogens with zero attached hydrogens (tertiary/aromatic N) is 1. The van der Waals surface area contributed by atoms with Crippen LogP contribution >= 0.6 is 0 Å². The van der Waals surface area contributed by atoms with E-state index in [-0.39, 0.29) is 29.8 Å². The van der Waals surface area contributed by atoms with E-state index in [1.165, 1.54) is 12.1 Å². The first kappa shape index (κ1) is 23.0. The molecule has 1 aromatic heterocycles. The standard InChI is InChI=1S/C25H26FNO5S/c1-2-14-31-24-6-4-3-5-22(24)25(28)27(20-13-15-33(29,30)17-20)16-21-11-12-23(32-21)18-7-9-19(26)10-8-18/h3-12,20H,2,13-17H2,1H3/t20-/m1/s1. The van der Waals surface area contributed by atoms with E-state index >= 15 is 0 Å². The third-order valence-corrected chi connectivity index (χ3v) is 7.36. The minimum Gasteiger partial charge on any atom is -0.493 e. The molecule has 1 fully saturated rings. The van der Waals surface area contributed by atoms with Crippen LogP contribution in [0.2, 0.25) is 0 Å². The normalized spacial score (nSPS) is 17.1. The van der Waals surface area contributed by atoms with Crippen LogP contribution in [-0.2, 0) is 16.4 Å². The van der Waals surface area contributed by atoms with Gasteiger partial charge in [-0.15, -0.1) is 0 Å². The predicted octanol–water partition coefficient (Wildman–Crippen LogP) is 4.70. The van der Waals surface area contributed by atoms with Gasteiger partial charge in [-0.25, -0.2) is 12.8 Å². The summed E-state index contributed by atoms with van der Waals surface area (Å²) in [6, 6.07) is 16.0. The van der Waals surface area contributed by atoms with Gasteiger partial charge in [-0.05, 0) is 61.4 Å². The van der Waals surface area contributed by atoms with E-state index < -0.39 is 15.9 Å². The average molecular weight is 472 g/mol. The van der Waals surface area contributed by atoms with Gasteiger partial charge in [0.15, 0.2) is 9.84 Å². The fraction of sp³-hybridized carbons (Fsp3) is 0.320. The van der Waals surface area contributed by atoms with Gasteiger partial charge >= 0.3 is 0 Å². The molecule has 2 heterocycles. The van der Waals surface area contributed by atoms with Gasteiger partial charge < -0.3 is 14.1 Å². The summed E-state index contributed by atoms with van der Waals surface area (Å²) in [7, 11) is -3.21. The molecule has 0 unspecified atom stereocenters. The number of para-hydroxylation sites is 1. The van der Waals surface area contributed by atoms with Gasteiger partial charge in [0.05, 0.1) is 30.2 Å². The van der Waals surface area contributed by atoms with E-state index in [1.807, 2.05) is 6.92 Å². The fourth-order valence-corrected chi connectivity index (χ4v) is 5.65. The van der Waals surface area contributed by atoms with Crippen molar-refractivity contribution < 1.29 is 26.8 Å². The van der Waals surface area contributed by atoms with Crippen LogP contribution in [0.3, 0.4) is 0 Å². The third kappa shape index (κ3) is 5.45. The number of rotatable bonds is 8. The summed E-state index contributed by atoms with van der Waals surface area (Å²) in [4.78, 5) is 15.2. The first-order valence-corrected chi connectivity index (χ1v) is 12.8. The summed E-state index contributed by atoms with van der Waals surface area (Å²) in [5.41, 5.74) is 1.10. The summed E-state index contributed by atoms with van der Waals surface area (Å²) in [6.45, 7) is 2.57. The van der Waals surface area contributed by atoms with Crippen molar-refractivity contribution in [3.63, 3.8) is 0 Å². The highest BCUT2D eigenvalue weighted by molar-refractivity contribution is 7.91. The van der Waals surface area contributed by atoms with E-state index in [0.29, 0.717) is 41.4 Å². The van der Waals surface area contributed by atoms with Crippen molar-refractivity contribution in [2.24, 2.45) is 0 Å². The van der Waals surface area contributed by atoms with E-state index in [9.17, 15) is 17.6 Å². The molecule has 1 aliphatic rings. The molecule has 2 aromatic carbocycles. The highest BCUT2D eigenvalue weighted by Crippen LogP contribution is 2.28. The quantitative estimate of drug-likeness (QED) is 0.476. The van der Waals surface area contributed by atoms with Crippen molar-refractivity contribution in [1.82, 2.24) is 4.90 Å². The fourth-order valence-electron chi connectivity index (χ4n) is 3.92. The molecule has 0 saturated carbocycles. The van der Waals surface area contributed by atoms with Crippen molar-refractivity contribution in [3.05, 3.63) is 77.8 Å². The van der Waals surface area contributed by atoms with Crippen molar-refractivity contribution >= 4 is 15.7 Å². The number of carbonyl (C=O) groups is 1. The van der Waals surface area contributed by atoms with Crippen LogP contribution in [0, 0.1) is 5.82 Å². The second-order valence-electron chi connectivity index (χ2n) is 8.11. The molecule has 174 valence electrons. The molecule has 1 saturated heterocycles. The van der Waals surface area contributed by atoms with Crippen molar-refractivity contribution in [2.45, 2.75) is 32.4 Å². The number of benzene rings is 2. The molecule has 1 amide bonds. The number of hydrogen-bond donors (Lipinski definition) is 0. The maximum atomic E-state index is 13.6. The van der Waals surface area contributed by atoms with Crippen molar-refractivity contribution in [1.29, 1.82) is 0 Å². The lowest BCUT2D eigenvalue weighted by molar-refractivity contribution is 0.0662. The van der Waals surface area contributed by atoms with Gasteiger partial charge in [0.2, 0.25) is 0 Å². The minimum absolute atomic E-state index is 0.0500. The molecule has 8 heteroatoms. The van der Waals surface area contributed by atoms with Gasteiger partial charge in [0.25, 0.3) is 5.91 Å². The summed E-state index contributed by atoms with van der Waals surface area (Å²) >= 11 is 0. The second kappa shape index (κ2) is 9.79. The van der Waals surface area contributed by atoms with Crippen LogP contribution in [0.25, 0.3) is 11.3 Å². The molecule has 0 radical (unpaired) electrons. The molecule has 1 atom stereocenters. The zero-order chi connectivity index (χ0) is 23.4. The Morgan fingerprint density at radius 2 is 1.88 bits per heavy atom. The second-order valence-corrected chi connectivity index (χ2v) is 10.3. The molecule has 33 heavy (non-hydrogen) atoms. The highest BCUT2D eigenvalue weighted by atomic mass is 32.2. The maximum Gasteiger partial charge on any atom is 0.258 e. The van der Waals surface area contributed by atoms with E-state index in [2.05, 4.69) is 0 Å². The van der Waals surface area contributed by atoms with Gasteiger partial charge in [0.1, 0.15) is 23.1 Å². The number of furan rings is 1. The van der Waals surface area contributed by atoms with Crippen LogP contribution in [-0.4, -0.2) is 43.4 Å². The lowest BCUT2D eigenvalue weighted by atomic mass is 10.1. The third-order valence-electron chi connectivity index (χ3n) is 5.61. The molecule has 0 N–H and O–H groups in total. The van der Waals surface area contributed by atoms with Crippen molar-refractivity contribution in [3.8, 4) is 17.1 Å². The Labute approximate surface area is 192 Å². The Balaban J connectivity index is 1.63. The Kier molecular flexibility index (Phi) is 6.83. The van der Waals surface area contributed by atoms with Gasteiger partial charge in [-0.3, -0.25) is 4.79 Å². The monoisotopic (exact) mass is 471 g/mol. The van der Waals surface area contributed by atoms with Crippen LogP contribution in [0.15, 0.2) is 65.1 Å². The number of ether oxygens (including phenoxy) is 1. The number of amides is 1. The van der Waals surface area contributed by atoms with Crippen molar-refractivity contribution in [2.75, 3.05) is 18.1 Å². The molecule has 3 aromatic rings. The first-order chi connectivity index (χ1) is 15.9. The topological polar surface area (TPSA) is 76.8 Å². The number of halogens is 1. The van der Waals surface area contributed by atoms with Gasteiger partial charge in [-0.2, -0.15) is 0 Å². The van der Waals surface area contributed by atoms with Gasteiger partial charge in [0, 0.05) is 11.6 Å². The summed E-state index contributed by atoms with van der Waals surface area (Å²) in [5, 5.41) is 0. The van der Waals surface area contributed by atoms with E-state index in [0.717, 1.165) is 6.42 Å². The molecule has 4 rings (SSSR count). The van der Waals surface area contributed by atoms with Crippen LogP contribution < -0.4 is 4.74 Å². The number of carbonyl (C=O) groups excluding carboxylic acids is 1. The summed E-state index contributed by atoms with van der Waals surface area (Å²) in [6.07, 6.45) is 1.17. The number of sulfone groups is 1. The Hall–Kier alpha value is -3.13. The molecule has 0 bridgehead atoms. The lowest BCUT2D eigenvalue weighted by Crippen LogP contribution is -2.40. The highest BCUT2D eigenvalue weighted by Gasteiger charge is 2.36. The zero-order valence-electron chi connectivity index (χ0n) is 18.4. The maximum absolute atomic E-state index is 13.6. The molecule has 6 nitrogen and oxygen atoms in total. The van der Waals surface area contributed by atoms with Gasteiger partial charge in [-0.1, -0.05) is 19.1 Å². The summed E-state index contributed by atoms with van der Waals surface area (Å²) < 4.78 is 49.3. The van der Waals surface area contributed by atoms with Crippen LogP contribution in [0.1, 0.15) is 35.9 Å².